The van der Waals surface area contributed by atoms with Crippen molar-refractivity contribution in [3.8, 4) is 0 Å². The van der Waals surface area contributed by atoms with Crippen LogP contribution >= 0.6 is 0 Å². The van der Waals surface area contributed by atoms with Crippen LogP contribution in [0.25, 0.3) is 21.9 Å². The third-order valence-corrected chi connectivity index (χ3v) is 3.70. The summed E-state index contributed by atoms with van der Waals surface area (Å²) >= 11 is 0. The highest BCUT2D eigenvalue weighted by molar-refractivity contribution is 5.82. The molecule has 4 rings (SSSR count). The third kappa shape index (κ3) is 2.01. The molecule has 0 amide bonds. The van der Waals surface area contributed by atoms with Gasteiger partial charge in [-0.2, -0.15) is 0 Å². The molecule has 21 heavy (non-hydrogen) atoms. The molecule has 2 N–H and O–H groups in total. The Morgan fingerprint density at radius 1 is 1.00 bits per heavy atom. The first-order valence-corrected chi connectivity index (χ1v) is 6.84. The van der Waals surface area contributed by atoms with Gasteiger partial charge in [0.15, 0.2) is 0 Å². The van der Waals surface area contributed by atoms with Crippen molar-refractivity contribution in [1.82, 2.24) is 14.5 Å². The maximum Gasteiger partial charge on any atom is 0.0961 e. The second-order valence-corrected chi connectivity index (χ2v) is 5.11. The van der Waals surface area contributed by atoms with E-state index < -0.39 is 0 Å². The number of para-hydroxylation sites is 1. The van der Waals surface area contributed by atoms with Crippen molar-refractivity contribution in [1.29, 1.82) is 0 Å². The Balaban J connectivity index is 1.83. The number of benzene rings is 2. The van der Waals surface area contributed by atoms with E-state index in [1.54, 1.807) is 0 Å². The zero-order valence-corrected chi connectivity index (χ0v) is 11.4. The molecule has 4 heteroatoms. The van der Waals surface area contributed by atoms with E-state index in [0.29, 0.717) is 0 Å². The Labute approximate surface area is 121 Å². The van der Waals surface area contributed by atoms with E-state index in [-0.39, 0.29) is 0 Å². The first-order chi connectivity index (χ1) is 10.3. The Morgan fingerprint density at radius 3 is 2.86 bits per heavy atom. The number of imidazole rings is 1. The molecular weight excluding hydrogens is 260 g/mol. The van der Waals surface area contributed by atoms with Crippen LogP contribution in [0.2, 0.25) is 0 Å². The molecule has 0 radical (unpaired) electrons. The number of pyridine rings is 1. The summed E-state index contributed by atoms with van der Waals surface area (Å²) in [5, 5.41) is 1.16. The second-order valence-electron chi connectivity index (χ2n) is 5.11. The molecule has 0 aliphatic heterocycles. The van der Waals surface area contributed by atoms with Gasteiger partial charge in [0.1, 0.15) is 0 Å². The van der Waals surface area contributed by atoms with Gasteiger partial charge < -0.3 is 10.3 Å². The molecule has 0 atom stereocenters. The highest BCUT2D eigenvalue weighted by Gasteiger charge is 2.06. The number of anilines is 1. The van der Waals surface area contributed by atoms with Crippen LogP contribution in [-0.4, -0.2) is 14.5 Å². The molecule has 0 bridgehead atoms. The Bertz CT molecular complexity index is 934. The number of hydrogen-bond acceptors (Lipinski definition) is 3. The summed E-state index contributed by atoms with van der Waals surface area (Å²) in [7, 11) is 0. The van der Waals surface area contributed by atoms with Gasteiger partial charge in [0.05, 0.1) is 29.4 Å². The van der Waals surface area contributed by atoms with Crippen molar-refractivity contribution in [2.24, 2.45) is 0 Å². The molecule has 4 aromatic rings. The summed E-state index contributed by atoms with van der Waals surface area (Å²) in [5.74, 6) is 0. The molecule has 0 unspecified atom stereocenters. The minimum atomic E-state index is 0.736. The largest absolute Gasteiger partial charge is 0.399 e. The van der Waals surface area contributed by atoms with E-state index in [1.165, 1.54) is 5.56 Å². The summed E-state index contributed by atoms with van der Waals surface area (Å²) in [6, 6.07) is 16.1. The first kappa shape index (κ1) is 11.9. The summed E-state index contributed by atoms with van der Waals surface area (Å²) in [6.45, 7) is 0.745. The molecule has 102 valence electrons. The van der Waals surface area contributed by atoms with Crippen molar-refractivity contribution in [2.75, 3.05) is 5.73 Å². The van der Waals surface area contributed by atoms with Gasteiger partial charge in [-0.1, -0.05) is 24.3 Å². The molecule has 0 fully saturated rings. The summed E-state index contributed by atoms with van der Waals surface area (Å²) < 4.78 is 2.12. The van der Waals surface area contributed by atoms with Crippen LogP contribution in [0.1, 0.15) is 5.56 Å². The molecule has 0 saturated heterocycles. The quantitative estimate of drug-likeness (QED) is 0.571. The van der Waals surface area contributed by atoms with E-state index in [1.807, 2.05) is 36.8 Å². The van der Waals surface area contributed by atoms with E-state index >= 15 is 0 Å². The van der Waals surface area contributed by atoms with Crippen molar-refractivity contribution in [2.45, 2.75) is 6.54 Å². The van der Waals surface area contributed by atoms with E-state index in [4.69, 9.17) is 5.73 Å². The summed E-state index contributed by atoms with van der Waals surface area (Å²) in [4.78, 5) is 8.92. The zero-order valence-electron chi connectivity index (χ0n) is 11.4. The first-order valence-electron chi connectivity index (χ1n) is 6.84. The minimum Gasteiger partial charge on any atom is -0.399 e. The van der Waals surface area contributed by atoms with Gasteiger partial charge in [-0.3, -0.25) is 4.98 Å². The fraction of sp³-hybridized carbons (Fsp3) is 0.0588. The molecule has 2 aromatic carbocycles. The molecule has 2 heterocycles. The van der Waals surface area contributed by atoms with Crippen LogP contribution in [0, 0.1) is 0 Å². The van der Waals surface area contributed by atoms with Crippen LogP contribution in [0.3, 0.4) is 0 Å². The number of rotatable bonds is 2. The minimum absolute atomic E-state index is 0.736. The number of nitrogens with two attached hydrogens (primary N) is 1. The number of fused-ring (bicyclic) bond motifs is 2. The van der Waals surface area contributed by atoms with Gasteiger partial charge in [-0.15, -0.1) is 0 Å². The normalized spacial score (nSPS) is 11.2. The average Bonchev–Trinajstić information content (AvgIpc) is 2.90. The van der Waals surface area contributed by atoms with Crippen molar-refractivity contribution < 1.29 is 0 Å². The Hall–Kier alpha value is -2.88. The lowest BCUT2D eigenvalue weighted by Gasteiger charge is -2.07. The summed E-state index contributed by atoms with van der Waals surface area (Å²) in [6.07, 6.45) is 3.68. The third-order valence-electron chi connectivity index (χ3n) is 3.70. The fourth-order valence-corrected chi connectivity index (χ4v) is 2.69. The standard InChI is InChI=1S/C17H14N4/c18-14-6-7-16-15(9-14)20-11-21(16)10-13-4-1-3-12-5-2-8-19-17(12)13/h1-9,11H,10,18H2. The molecule has 0 saturated carbocycles. The predicted octanol–water partition coefficient (Wildman–Crippen LogP) is 3.22. The SMILES string of the molecule is Nc1ccc2c(c1)ncn2Cc1cccc2cccnc12. The van der Waals surface area contributed by atoms with Crippen molar-refractivity contribution >= 4 is 27.6 Å². The second kappa shape index (κ2) is 4.59. The Kier molecular flexibility index (Phi) is 2.60. The number of hydrogen-bond donors (Lipinski definition) is 1. The highest BCUT2D eigenvalue weighted by Crippen LogP contribution is 2.21. The lowest BCUT2D eigenvalue weighted by atomic mass is 10.1. The van der Waals surface area contributed by atoms with Crippen molar-refractivity contribution in [3.05, 3.63) is 66.6 Å². The summed E-state index contributed by atoms with van der Waals surface area (Å²) in [5.41, 5.74) is 10.8. The Morgan fingerprint density at radius 2 is 1.90 bits per heavy atom. The topological polar surface area (TPSA) is 56.7 Å². The highest BCUT2D eigenvalue weighted by atomic mass is 15.0. The van der Waals surface area contributed by atoms with Gasteiger partial charge in [0.2, 0.25) is 0 Å². The fourth-order valence-electron chi connectivity index (χ4n) is 2.69. The van der Waals surface area contributed by atoms with Gasteiger partial charge in [0, 0.05) is 17.3 Å². The van der Waals surface area contributed by atoms with E-state index in [2.05, 4.69) is 38.8 Å². The van der Waals surface area contributed by atoms with Crippen molar-refractivity contribution in [3.63, 3.8) is 0 Å². The molecular formula is C17H14N4. The monoisotopic (exact) mass is 274 g/mol. The number of nitrogens with zero attached hydrogens (tertiary/aromatic N) is 3. The van der Waals surface area contributed by atoms with Crippen LogP contribution in [0.5, 0.6) is 0 Å². The molecule has 0 aliphatic rings. The van der Waals surface area contributed by atoms with Gasteiger partial charge in [0.25, 0.3) is 0 Å². The number of nitrogen functional groups attached to an aromatic ring is 1. The average molecular weight is 274 g/mol. The molecule has 0 aliphatic carbocycles. The lowest BCUT2D eigenvalue weighted by molar-refractivity contribution is 0.828. The maximum absolute atomic E-state index is 5.80. The zero-order chi connectivity index (χ0) is 14.2. The van der Waals surface area contributed by atoms with Crippen LogP contribution in [0.4, 0.5) is 5.69 Å². The number of aromatic nitrogens is 3. The van der Waals surface area contributed by atoms with Gasteiger partial charge in [-0.25, -0.2) is 4.98 Å². The smallest absolute Gasteiger partial charge is 0.0961 e. The van der Waals surface area contributed by atoms with Gasteiger partial charge >= 0.3 is 0 Å². The van der Waals surface area contributed by atoms with Gasteiger partial charge in [-0.05, 0) is 29.8 Å². The molecule has 2 aromatic heterocycles. The molecule has 4 nitrogen and oxygen atoms in total. The van der Waals surface area contributed by atoms with E-state index in [0.717, 1.165) is 34.2 Å². The molecule has 0 spiro atoms. The predicted molar refractivity (Wildman–Crippen MR) is 85.0 cm³/mol. The van der Waals surface area contributed by atoms with Crippen LogP contribution in [-0.2, 0) is 6.54 Å². The maximum atomic E-state index is 5.80. The van der Waals surface area contributed by atoms with Crippen LogP contribution < -0.4 is 5.73 Å². The lowest BCUT2D eigenvalue weighted by Crippen LogP contribution is -1.99. The van der Waals surface area contributed by atoms with E-state index in [9.17, 15) is 0 Å². The van der Waals surface area contributed by atoms with Crippen LogP contribution in [0.15, 0.2) is 61.1 Å².